The molecule has 0 spiro atoms. The maximum atomic E-state index is 11.7. The minimum atomic E-state index is -0.508. The fourth-order valence-electron chi connectivity index (χ4n) is 1.51. The van der Waals surface area contributed by atoms with Gasteiger partial charge in [-0.05, 0) is 31.9 Å². The van der Waals surface area contributed by atoms with E-state index < -0.39 is 6.10 Å². The summed E-state index contributed by atoms with van der Waals surface area (Å²) in [5, 5.41) is 2.91. The van der Waals surface area contributed by atoms with Crippen LogP contribution >= 0.6 is 0 Å². The van der Waals surface area contributed by atoms with Crippen LogP contribution in [0.1, 0.15) is 19.8 Å². The molecule has 1 amide bonds. The van der Waals surface area contributed by atoms with E-state index in [1.54, 1.807) is 26.2 Å². The van der Waals surface area contributed by atoms with Gasteiger partial charge in [0.1, 0.15) is 0 Å². The summed E-state index contributed by atoms with van der Waals surface area (Å²) < 4.78 is 10.8. The lowest BCUT2D eigenvalue weighted by Crippen LogP contribution is -2.37. The molecule has 1 N–H and O–H groups in total. The third-order valence-corrected chi connectivity index (χ3v) is 2.67. The summed E-state index contributed by atoms with van der Waals surface area (Å²) >= 11 is 0. The standard InChI is InChI=1S/C13H17NO3/c1-9(13(15)14-10-7-8-10)17-12-6-4-3-5-11(12)16-2/h3-6,9-10H,7-8H2,1-2H3,(H,14,15). The van der Waals surface area contributed by atoms with Crippen LogP contribution in [0.25, 0.3) is 0 Å². The Hall–Kier alpha value is -1.71. The average Bonchev–Trinajstić information content (AvgIpc) is 3.13. The number of rotatable bonds is 5. The third kappa shape index (κ3) is 3.12. The Kier molecular flexibility index (Phi) is 3.52. The second-order valence-corrected chi connectivity index (χ2v) is 4.19. The minimum Gasteiger partial charge on any atom is -0.493 e. The predicted molar refractivity (Wildman–Crippen MR) is 64.2 cm³/mol. The number of carbonyl (C=O) groups is 1. The summed E-state index contributed by atoms with van der Waals surface area (Å²) in [5.74, 6) is 1.16. The van der Waals surface area contributed by atoms with E-state index in [0.717, 1.165) is 12.8 Å². The fourth-order valence-corrected chi connectivity index (χ4v) is 1.51. The largest absolute Gasteiger partial charge is 0.493 e. The minimum absolute atomic E-state index is 0.0709. The van der Waals surface area contributed by atoms with Crippen LogP contribution in [0.3, 0.4) is 0 Å². The second-order valence-electron chi connectivity index (χ2n) is 4.19. The smallest absolute Gasteiger partial charge is 0.260 e. The van der Waals surface area contributed by atoms with Crippen molar-refractivity contribution in [1.82, 2.24) is 5.32 Å². The molecule has 4 heteroatoms. The van der Waals surface area contributed by atoms with E-state index in [-0.39, 0.29) is 5.91 Å². The first kappa shape index (κ1) is 11.8. The maximum Gasteiger partial charge on any atom is 0.260 e. The van der Waals surface area contributed by atoms with Crippen molar-refractivity contribution in [3.63, 3.8) is 0 Å². The van der Waals surface area contributed by atoms with Crippen molar-refractivity contribution in [2.45, 2.75) is 31.9 Å². The zero-order valence-corrected chi connectivity index (χ0v) is 10.1. The number of para-hydroxylation sites is 2. The number of hydrogen-bond acceptors (Lipinski definition) is 3. The molecule has 1 aliphatic rings. The molecular weight excluding hydrogens is 218 g/mol. The number of carbonyl (C=O) groups excluding carboxylic acids is 1. The van der Waals surface area contributed by atoms with Gasteiger partial charge in [0.2, 0.25) is 0 Å². The fraction of sp³-hybridized carbons (Fsp3) is 0.462. The highest BCUT2D eigenvalue weighted by Gasteiger charge is 2.26. The topological polar surface area (TPSA) is 47.6 Å². The number of ether oxygens (including phenoxy) is 2. The molecule has 2 rings (SSSR count). The number of benzene rings is 1. The second kappa shape index (κ2) is 5.08. The van der Waals surface area contributed by atoms with Crippen LogP contribution in [-0.4, -0.2) is 25.2 Å². The van der Waals surface area contributed by atoms with E-state index in [9.17, 15) is 4.79 Å². The molecule has 0 aliphatic heterocycles. The van der Waals surface area contributed by atoms with Crippen molar-refractivity contribution in [3.05, 3.63) is 24.3 Å². The lowest BCUT2D eigenvalue weighted by molar-refractivity contribution is -0.127. The molecule has 1 unspecified atom stereocenters. The average molecular weight is 235 g/mol. The predicted octanol–water partition coefficient (Wildman–Crippen LogP) is 1.74. The zero-order chi connectivity index (χ0) is 12.3. The molecule has 0 saturated heterocycles. The van der Waals surface area contributed by atoms with Gasteiger partial charge in [-0.1, -0.05) is 12.1 Å². The lowest BCUT2D eigenvalue weighted by atomic mass is 10.3. The number of nitrogens with one attached hydrogen (secondary N) is 1. The van der Waals surface area contributed by atoms with Crippen LogP contribution in [-0.2, 0) is 4.79 Å². The van der Waals surface area contributed by atoms with E-state index in [1.807, 2.05) is 12.1 Å². The zero-order valence-electron chi connectivity index (χ0n) is 10.1. The van der Waals surface area contributed by atoms with Gasteiger partial charge >= 0.3 is 0 Å². The summed E-state index contributed by atoms with van der Waals surface area (Å²) in [4.78, 5) is 11.7. The summed E-state index contributed by atoms with van der Waals surface area (Å²) in [7, 11) is 1.58. The first-order chi connectivity index (χ1) is 8.20. The summed E-state index contributed by atoms with van der Waals surface area (Å²) in [6, 6.07) is 7.66. The van der Waals surface area contributed by atoms with Crippen molar-refractivity contribution < 1.29 is 14.3 Å². The Bertz CT molecular complexity index is 401. The Morgan fingerprint density at radius 3 is 2.59 bits per heavy atom. The van der Waals surface area contributed by atoms with E-state index in [0.29, 0.717) is 17.5 Å². The molecule has 1 fully saturated rings. The van der Waals surface area contributed by atoms with Gasteiger partial charge in [0, 0.05) is 6.04 Å². The van der Waals surface area contributed by atoms with Crippen LogP contribution in [0.15, 0.2) is 24.3 Å². The number of methoxy groups -OCH3 is 1. The van der Waals surface area contributed by atoms with Gasteiger partial charge in [0.05, 0.1) is 7.11 Å². The Balaban J connectivity index is 1.96. The first-order valence-electron chi connectivity index (χ1n) is 5.80. The molecule has 1 aromatic carbocycles. The van der Waals surface area contributed by atoms with E-state index in [1.165, 1.54) is 0 Å². The van der Waals surface area contributed by atoms with Crippen LogP contribution in [0.4, 0.5) is 0 Å². The van der Waals surface area contributed by atoms with Crippen molar-refractivity contribution >= 4 is 5.91 Å². The number of hydrogen-bond donors (Lipinski definition) is 1. The van der Waals surface area contributed by atoms with Crippen LogP contribution in [0, 0.1) is 0 Å². The quantitative estimate of drug-likeness (QED) is 0.845. The van der Waals surface area contributed by atoms with Gasteiger partial charge in [-0.15, -0.1) is 0 Å². The van der Waals surface area contributed by atoms with Crippen molar-refractivity contribution in [2.24, 2.45) is 0 Å². The van der Waals surface area contributed by atoms with Crippen LogP contribution < -0.4 is 14.8 Å². The van der Waals surface area contributed by atoms with Gasteiger partial charge in [-0.3, -0.25) is 4.79 Å². The molecule has 4 nitrogen and oxygen atoms in total. The molecule has 1 aliphatic carbocycles. The molecular formula is C13H17NO3. The van der Waals surface area contributed by atoms with Crippen molar-refractivity contribution in [3.8, 4) is 11.5 Å². The summed E-state index contributed by atoms with van der Waals surface area (Å²) in [6.07, 6.45) is 1.65. The van der Waals surface area contributed by atoms with Crippen LogP contribution in [0.2, 0.25) is 0 Å². The van der Waals surface area contributed by atoms with Gasteiger partial charge in [0.25, 0.3) is 5.91 Å². The lowest BCUT2D eigenvalue weighted by Gasteiger charge is -2.16. The molecule has 92 valence electrons. The molecule has 0 aromatic heterocycles. The van der Waals surface area contributed by atoms with Gasteiger partial charge < -0.3 is 14.8 Å². The molecule has 1 atom stereocenters. The third-order valence-electron chi connectivity index (χ3n) is 2.67. The van der Waals surface area contributed by atoms with E-state index in [2.05, 4.69) is 5.32 Å². The SMILES string of the molecule is COc1ccccc1OC(C)C(=O)NC1CC1. The van der Waals surface area contributed by atoms with Crippen LogP contribution in [0.5, 0.6) is 11.5 Å². The Labute approximate surface area is 101 Å². The molecule has 17 heavy (non-hydrogen) atoms. The van der Waals surface area contributed by atoms with Gasteiger partial charge in [-0.2, -0.15) is 0 Å². The summed E-state index contributed by atoms with van der Waals surface area (Å²) in [6.45, 7) is 1.74. The highest BCUT2D eigenvalue weighted by Crippen LogP contribution is 2.27. The van der Waals surface area contributed by atoms with Crippen molar-refractivity contribution in [1.29, 1.82) is 0 Å². The summed E-state index contributed by atoms with van der Waals surface area (Å²) in [5.41, 5.74) is 0. The van der Waals surface area contributed by atoms with E-state index >= 15 is 0 Å². The normalized spacial score (nSPS) is 16.1. The highest BCUT2D eigenvalue weighted by molar-refractivity contribution is 5.81. The first-order valence-corrected chi connectivity index (χ1v) is 5.80. The molecule has 0 bridgehead atoms. The van der Waals surface area contributed by atoms with E-state index in [4.69, 9.17) is 9.47 Å². The molecule has 0 radical (unpaired) electrons. The monoisotopic (exact) mass is 235 g/mol. The van der Waals surface area contributed by atoms with Gasteiger partial charge in [0.15, 0.2) is 17.6 Å². The Morgan fingerprint density at radius 1 is 1.35 bits per heavy atom. The number of amides is 1. The van der Waals surface area contributed by atoms with Crippen molar-refractivity contribution in [2.75, 3.05) is 7.11 Å². The molecule has 0 heterocycles. The molecule has 1 saturated carbocycles. The molecule has 1 aromatic rings. The highest BCUT2D eigenvalue weighted by atomic mass is 16.5. The Morgan fingerprint density at radius 2 is 2.00 bits per heavy atom. The van der Waals surface area contributed by atoms with Gasteiger partial charge in [-0.25, -0.2) is 0 Å². The maximum absolute atomic E-state index is 11.7.